The summed E-state index contributed by atoms with van der Waals surface area (Å²) in [7, 11) is 1.45. The molecule has 4 heterocycles. The van der Waals surface area contributed by atoms with E-state index in [9.17, 15) is 4.79 Å². The molecule has 1 N–H and O–H groups in total. The predicted molar refractivity (Wildman–Crippen MR) is 127 cm³/mol. The van der Waals surface area contributed by atoms with Crippen LogP contribution in [0.1, 0.15) is 47.3 Å². The lowest BCUT2D eigenvalue weighted by atomic mass is 10.00. The van der Waals surface area contributed by atoms with Crippen LogP contribution >= 0.6 is 0 Å². The summed E-state index contributed by atoms with van der Waals surface area (Å²) < 4.78 is 7.03. The maximum atomic E-state index is 12.0. The second-order valence-electron chi connectivity index (χ2n) is 8.93. The van der Waals surface area contributed by atoms with Crippen LogP contribution in [0.4, 0.5) is 5.82 Å². The van der Waals surface area contributed by atoms with Gasteiger partial charge in [0.25, 0.3) is 0 Å². The van der Waals surface area contributed by atoms with Gasteiger partial charge in [-0.05, 0) is 54.9 Å². The van der Waals surface area contributed by atoms with Crippen molar-refractivity contribution in [1.82, 2.24) is 19.7 Å². The molecule has 3 aromatic rings. The molecule has 0 aliphatic carbocycles. The van der Waals surface area contributed by atoms with Crippen LogP contribution in [0.25, 0.3) is 0 Å². The number of methoxy groups -OCH3 is 1. The van der Waals surface area contributed by atoms with Gasteiger partial charge >= 0.3 is 5.97 Å². The van der Waals surface area contributed by atoms with E-state index in [1.807, 2.05) is 12.3 Å². The first-order valence-electron chi connectivity index (χ1n) is 11.8. The van der Waals surface area contributed by atoms with Crippen molar-refractivity contribution in [3.63, 3.8) is 0 Å². The van der Waals surface area contributed by atoms with Crippen LogP contribution < -0.4 is 5.32 Å². The van der Waals surface area contributed by atoms with Gasteiger partial charge in [-0.25, -0.2) is 4.98 Å². The Hall–Kier alpha value is -3.19. The Balaban J connectivity index is 1.30. The lowest BCUT2D eigenvalue weighted by Crippen LogP contribution is -2.32. The summed E-state index contributed by atoms with van der Waals surface area (Å²) in [5.74, 6) is 0.849. The molecule has 2 aliphatic heterocycles. The molecule has 7 heteroatoms. The van der Waals surface area contributed by atoms with Crippen molar-refractivity contribution in [2.45, 2.75) is 44.2 Å². The van der Waals surface area contributed by atoms with E-state index in [2.05, 4.69) is 57.5 Å². The lowest BCUT2D eigenvalue weighted by molar-refractivity contribution is -0.142. The highest BCUT2D eigenvalue weighted by atomic mass is 16.5. The Morgan fingerprint density at radius 3 is 2.91 bits per heavy atom. The number of pyridine rings is 1. The molecule has 7 nitrogen and oxygen atoms in total. The number of ether oxygens (including phenoxy) is 1. The van der Waals surface area contributed by atoms with Gasteiger partial charge in [0.05, 0.1) is 31.9 Å². The molecule has 0 spiro atoms. The van der Waals surface area contributed by atoms with E-state index in [4.69, 9.17) is 14.8 Å². The van der Waals surface area contributed by atoms with E-state index in [0.29, 0.717) is 6.54 Å². The summed E-state index contributed by atoms with van der Waals surface area (Å²) in [6, 6.07) is 15.0. The number of hydrogen-bond acceptors (Lipinski definition) is 6. The molecule has 1 fully saturated rings. The summed E-state index contributed by atoms with van der Waals surface area (Å²) in [5.41, 5.74) is 4.85. The standard InChI is InChI=1S/C26H31N5O2/c1-33-24(32)18-30-15-13-23(25(30)20-6-3-2-4-7-20)31-17-19(16-28-31)9-11-22-12-10-21-8-5-14-27-26(21)29-22/h2-4,6-7,10,12,16-17,23,25H,5,8-9,11,13-15,18H2,1H3,(H,27,29). The molecule has 1 aromatic carbocycles. The first-order valence-corrected chi connectivity index (χ1v) is 11.8. The van der Waals surface area contributed by atoms with E-state index in [1.54, 1.807) is 0 Å². The third-order valence-electron chi connectivity index (χ3n) is 6.79. The normalized spacial score (nSPS) is 20.3. The van der Waals surface area contributed by atoms with Gasteiger partial charge in [0.2, 0.25) is 0 Å². The molecule has 2 aliphatic rings. The van der Waals surface area contributed by atoms with Crippen LogP contribution in [-0.2, 0) is 28.8 Å². The minimum absolute atomic E-state index is 0.0893. The second kappa shape index (κ2) is 9.75. The average Bonchev–Trinajstić information content (AvgIpc) is 3.50. The Morgan fingerprint density at radius 2 is 2.06 bits per heavy atom. The molecular weight excluding hydrogens is 414 g/mol. The van der Waals surface area contributed by atoms with Crippen molar-refractivity contribution in [3.05, 3.63) is 77.2 Å². The minimum atomic E-state index is -0.204. The number of aryl methyl sites for hydroxylation is 3. The van der Waals surface area contributed by atoms with Crippen molar-refractivity contribution in [1.29, 1.82) is 0 Å². The van der Waals surface area contributed by atoms with Crippen molar-refractivity contribution in [3.8, 4) is 0 Å². The smallest absolute Gasteiger partial charge is 0.319 e. The number of carbonyl (C=O) groups excluding carboxylic acids is 1. The highest BCUT2D eigenvalue weighted by molar-refractivity contribution is 5.71. The number of aromatic nitrogens is 3. The van der Waals surface area contributed by atoms with Gasteiger partial charge in [0, 0.05) is 25.0 Å². The van der Waals surface area contributed by atoms with Gasteiger partial charge in [-0.15, -0.1) is 0 Å². The Labute approximate surface area is 194 Å². The van der Waals surface area contributed by atoms with Crippen molar-refractivity contribution >= 4 is 11.8 Å². The summed E-state index contributed by atoms with van der Waals surface area (Å²) in [6.45, 7) is 2.13. The van der Waals surface area contributed by atoms with Gasteiger partial charge < -0.3 is 10.1 Å². The van der Waals surface area contributed by atoms with E-state index in [1.165, 1.54) is 30.2 Å². The summed E-state index contributed by atoms with van der Waals surface area (Å²) in [6.07, 6.45) is 9.16. The summed E-state index contributed by atoms with van der Waals surface area (Å²) >= 11 is 0. The van der Waals surface area contributed by atoms with Crippen molar-refractivity contribution < 1.29 is 9.53 Å². The predicted octanol–water partition coefficient (Wildman–Crippen LogP) is 3.58. The zero-order chi connectivity index (χ0) is 22.6. The van der Waals surface area contributed by atoms with Gasteiger partial charge in [-0.3, -0.25) is 14.4 Å². The molecule has 0 amide bonds. The number of fused-ring (bicyclic) bond motifs is 1. The Morgan fingerprint density at radius 1 is 1.18 bits per heavy atom. The van der Waals surface area contributed by atoms with Crippen molar-refractivity contribution in [2.75, 3.05) is 32.1 Å². The van der Waals surface area contributed by atoms with Crippen LogP contribution in [0.3, 0.4) is 0 Å². The third kappa shape index (κ3) is 4.78. The number of carbonyl (C=O) groups is 1. The van der Waals surface area contributed by atoms with Crippen LogP contribution in [-0.4, -0.2) is 52.4 Å². The monoisotopic (exact) mass is 445 g/mol. The fourth-order valence-corrected chi connectivity index (χ4v) is 5.07. The molecule has 33 heavy (non-hydrogen) atoms. The molecule has 0 radical (unpaired) electrons. The quantitative estimate of drug-likeness (QED) is 0.561. The zero-order valence-electron chi connectivity index (χ0n) is 19.1. The van der Waals surface area contributed by atoms with Crippen LogP contribution in [0.15, 0.2) is 54.9 Å². The number of likely N-dealkylation sites (tertiary alicyclic amines) is 1. The van der Waals surface area contributed by atoms with Gasteiger partial charge in [-0.2, -0.15) is 5.10 Å². The van der Waals surface area contributed by atoms with E-state index in [-0.39, 0.29) is 18.1 Å². The fourth-order valence-electron chi connectivity index (χ4n) is 5.07. The molecule has 2 aromatic heterocycles. The van der Waals surface area contributed by atoms with Crippen LogP contribution in [0, 0.1) is 0 Å². The largest absolute Gasteiger partial charge is 0.468 e. The van der Waals surface area contributed by atoms with Crippen LogP contribution in [0.5, 0.6) is 0 Å². The van der Waals surface area contributed by atoms with Crippen LogP contribution in [0.2, 0.25) is 0 Å². The molecule has 2 atom stereocenters. The van der Waals surface area contributed by atoms with Gasteiger partial charge in [-0.1, -0.05) is 36.4 Å². The zero-order valence-corrected chi connectivity index (χ0v) is 19.1. The maximum Gasteiger partial charge on any atom is 0.319 e. The molecule has 172 valence electrons. The number of nitrogens with zero attached hydrogens (tertiary/aromatic N) is 4. The van der Waals surface area contributed by atoms with E-state index >= 15 is 0 Å². The van der Waals surface area contributed by atoms with E-state index in [0.717, 1.165) is 50.3 Å². The number of hydrogen-bond donors (Lipinski definition) is 1. The number of anilines is 1. The SMILES string of the molecule is COC(=O)CN1CCC(n2cc(CCc3ccc4c(n3)NCCC4)cn2)C1c1ccccc1. The molecule has 1 saturated heterocycles. The first kappa shape index (κ1) is 21.6. The Kier molecular flexibility index (Phi) is 6.39. The maximum absolute atomic E-state index is 12.0. The molecule has 0 saturated carbocycles. The number of benzene rings is 1. The molecule has 5 rings (SSSR count). The van der Waals surface area contributed by atoms with Gasteiger partial charge in [0.15, 0.2) is 0 Å². The molecule has 2 unspecified atom stereocenters. The fraction of sp³-hybridized carbons (Fsp3) is 0.423. The highest BCUT2D eigenvalue weighted by Gasteiger charge is 2.37. The first-order chi connectivity index (χ1) is 16.2. The summed E-state index contributed by atoms with van der Waals surface area (Å²) in [5, 5.41) is 8.15. The average molecular weight is 446 g/mol. The molecule has 0 bridgehead atoms. The third-order valence-corrected chi connectivity index (χ3v) is 6.79. The number of nitrogens with one attached hydrogen (secondary N) is 1. The minimum Gasteiger partial charge on any atom is -0.468 e. The Bertz CT molecular complexity index is 1100. The molecular formula is C26H31N5O2. The second-order valence-corrected chi connectivity index (χ2v) is 8.93. The number of esters is 1. The summed E-state index contributed by atoms with van der Waals surface area (Å²) in [4.78, 5) is 19.0. The topological polar surface area (TPSA) is 72.3 Å². The lowest BCUT2D eigenvalue weighted by Gasteiger charge is -2.28. The van der Waals surface area contributed by atoms with Crippen molar-refractivity contribution in [2.24, 2.45) is 0 Å². The van der Waals surface area contributed by atoms with Gasteiger partial charge in [0.1, 0.15) is 5.82 Å². The highest BCUT2D eigenvalue weighted by Crippen LogP contribution is 2.40. The number of rotatable bonds is 7. The van der Waals surface area contributed by atoms with E-state index < -0.39 is 0 Å².